The van der Waals surface area contributed by atoms with E-state index in [2.05, 4.69) is 0 Å². The summed E-state index contributed by atoms with van der Waals surface area (Å²) in [7, 11) is 0. The van der Waals surface area contributed by atoms with Gasteiger partial charge in [-0.3, -0.25) is 0 Å². The molecule has 0 saturated heterocycles. The van der Waals surface area contributed by atoms with Gasteiger partial charge in [0.15, 0.2) is 0 Å². The third kappa shape index (κ3) is 2.45. The van der Waals surface area contributed by atoms with Gasteiger partial charge in [0.05, 0.1) is 16.1 Å². The summed E-state index contributed by atoms with van der Waals surface area (Å²) >= 11 is 11.4. The number of nitrogens with zero attached hydrogens (tertiary/aromatic N) is 1. The molecule has 0 fully saturated rings. The molecule has 0 unspecified atom stereocenters. The third-order valence-corrected chi connectivity index (χ3v) is 2.01. The minimum absolute atomic E-state index is 0.191. The van der Waals surface area contributed by atoms with Gasteiger partial charge in [0.1, 0.15) is 5.82 Å². The van der Waals surface area contributed by atoms with Crippen LogP contribution in [-0.2, 0) is 0 Å². The van der Waals surface area contributed by atoms with E-state index in [1.165, 1.54) is 12.1 Å². The van der Waals surface area contributed by atoms with E-state index in [9.17, 15) is 4.39 Å². The summed E-state index contributed by atoms with van der Waals surface area (Å²) < 4.78 is 12.6. The number of hydrogen-bond donors (Lipinski definition) is 0. The molecule has 13 heavy (non-hydrogen) atoms. The van der Waals surface area contributed by atoms with Gasteiger partial charge in [0.2, 0.25) is 0 Å². The Morgan fingerprint density at radius 3 is 2.77 bits per heavy atom. The number of rotatable bonds is 1. The van der Waals surface area contributed by atoms with Gasteiger partial charge in [-0.1, -0.05) is 23.2 Å². The molecule has 1 aromatic carbocycles. The highest BCUT2D eigenvalue weighted by molar-refractivity contribution is 6.50. The zero-order valence-electron chi connectivity index (χ0n) is 6.39. The summed E-state index contributed by atoms with van der Waals surface area (Å²) in [6.45, 7) is 0. The second-order valence-electron chi connectivity index (χ2n) is 2.25. The van der Waals surface area contributed by atoms with Crippen molar-refractivity contribution < 1.29 is 4.39 Å². The Balaban J connectivity index is 3.18. The molecule has 1 rings (SSSR count). The zero-order valence-corrected chi connectivity index (χ0v) is 7.90. The maximum atomic E-state index is 12.6. The SMILES string of the molecule is N#C/C=C(\Cl)c1ccc(F)cc1Cl. The van der Waals surface area contributed by atoms with Gasteiger partial charge in [-0.25, -0.2) is 4.39 Å². The second-order valence-corrected chi connectivity index (χ2v) is 3.06. The van der Waals surface area contributed by atoms with Crippen LogP contribution in [-0.4, -0.2) is 0 Å². The first kappa shape index (κ1) is 10.0. The lowest BCUT2D eigenvalue weighted by Gasteiger charge is -2.00. The number of nitriles is 1. The molecule has 0 heterocycles. The average Bonchev–Trinajstić information content (AvgIpc) is 2.04. The fourth-order valence-corrected chi connectivity index (χ4v) is 1.35. The summed E-state index contributed by atoms with van der Waals surface area (Å²) in [5, 5.41) is 8.71. The molecular formula is C9H4Cl2FN. The molecule has 1 nitrogen and oxygen atoms in total. The summed E-state index contributed by atoms with van der Waals surface area (Å²) in [5.74, 6) is -0.435. The molecule has 0 N–H and O–H groups in total. The minimum Gasteiger partial charge on any atom is -0.207 e. The Hall–Kier alpha value is -1.04. The van der Waals surface area contributed by atoms with Gasteiger partial charge in [-0.05, 0) is 18.2 Å². The van der Waals surface area contributed by atoms with E-state index >= 15 is 0 Å². The molecule has 0 saturated carbocycles. The maximum absolute atomic E-state index is 12.6. The van der Waals surface area contributed by atoms with Gasteiger partial charge >= 0.3 is 0 Å². The zero-order chi connectivity index (χ0) is 9.84. The number of allylic oxidation sites excluding steroid dienone is 1. The van der Waals surface area contributed by atoms with Crippen LogP contribution in [0.15, 0.2) is 24.3 Å². The normalized spacial score (nSPS) is 11.1. The van der Waals surface area contributed by atoms with Crippen molar-refractivity contribution in [3.63, 3.8) is 0 Å². The molecule has 0 aliphatic heterocycles. The molecule has 4 heteroatoms. The van der Waals surface area contributed by atoms with Crippen LogP contribution in [0.4, 0.5) is 4.39 Å². The topological polar surface area (TPSA) is 23.8 Å². The van der Waals surface area contributed by atoms with Crippen LogP contribution in [0.1, 0.15) is 5.56 Å². The Bertz CT molecular complexity index is 393. The molecule has 0 bridgehead atoms. The van der Waals surface area contributed by atoms with Gasteiger partial charge in [0, 0.05) is 11.6 Å². The van der Waals surface area contributed by atoms with E-state index in [-0.39, 0.29) is 10.1 Å². The van der Waals surface area contributed by atoms with E-state index in [1.54, 1.807) is 6.07 Å². The molecule has 0 radical (unpaired) electrons. The summed E-state index contributed by atoms with van der Waals surface area (Å²) in [6.07, 6.45) is 1.14. The van der Waals surface area contributed by atoms with Crippen molar-refractivity contribution in [1.29, 1.82) is 5.26 Å². The molecule has 0 aliphatic rings. The molecule has 1 aromatic rings. The van der Waals surface area contributed by atoms with Gasteiger partial charge in [-0.2, -0.15) is 5.26 Å². The summed E-state index contributed by atoms with van der Waals surface area (Å²) in [6, 6.07) is 5.56. The van der Waals surface area contributed by atoms with Crippen molar-refractivity contribution in [3.05, 3.63) is 40.7 Å². The molecule has 0 atom stereocenters. The van der Waals surface area contributed by atoms with Crippen molar-refractivity contribution in [3.8, 4) is 6.07 Å². The van der Waals surface area contributed by atoms with Crippen LogP contribution in [0.3, 0.4) is 0 Å². The largest absolute Gasteiger partial charge is 0.207 e. The first-order valence-electron chi connectivity index (χ1n) is 3.36. The summed E-state index contributed by atoms with van der Waals surface area (Å²) in [5.41, 5.74) is 0.450. The van der Waals surface area contributed by atoms with Crippen molar-refractivity contribution in [2.75, 3.05) is 0 Å². The highest BCUT2D eigenvalue weighted by Crippen LogP contribution is 2.26. The van der Waals surface area contributed by atoms with Gasteiger partial charge in [0.25, 0.3) is 0 Å². The highest BCUT2D eigenvalue weighted by Gasteiger charge is 2.04. The van der Waals surface area contributed by atoms with Crippen LogP contribution in [0.25, 0.3) is 5.03 Å². The molecule has 0 aromatic heterocycles. The van der Waals surface area contributed by atoms with Crippen molar-refractivity contribution in [2.24, 2.45) is 0 Å². The molecule has 0 aliphatic carbocycles. The number of hydrogen-bond acceptors (Lipinski definition) is 1. The van der Waals surface area contributed by atoms with E-state index < -0.39 is 5.82 Å². The Morgan fingerprint density at radius 2 is 2.23 bits per heavy atom. The van der Waals surface area contributed by atoms with E-state index in [4.69, 9.17) is 28.5 Å². The smallest absolute Gasteiger partial charge is 0.124 e. The lowest BCUT2D eigenvalue weighted by Crippen LogP contribution is -1.81. The molecule has 0 spiro atoms. The lowest BCUT2D eigenvalue weighted by atomic mass is 10.2. The fraction of sp³-hybridized carbons (Fsp3) is 0. The van der Waals surface area contributed by atoms with Crippen molar-refractivity contribution in [2.45, 2.75) is 0 Å². The first-order chi connectivity index (χ1) is 6.15. The van der Waals surface area contributed by atoms with Crippen LogP contribution in [0.5, 0.6) is 0 Å². The molecule has 0 amide bonds. The molecule has 66 valence electrons. The van der Waals surface area contributed by atoms with Crippen molar-refractivity contribution >= 4 is 28.2 Å². The van der Waals surface area contributed by atoms with Crippen LogP contribution < -0.4 is 0 Å². The molecular weight excluding hydrogens is 212 g/mol. The minimum atomic E-state index is -0.435. The Labute approximate surface area is 85.0 Å². The summed E-state index contributed by atoms with van der Waals surface area (Å²) in [4.78, 5) is 0. The highest BCUT2D eigenvalue weighted by atomic mass is 35.5. The van der Waals surface area contributed by atoms with E-state index in [0.717, 1.165) is 12.1 Å². The van der Waals surface area contributed by atoms with Crippen LogP contribution in [0, 0.1) is 17.1 Å². The monoisotopic (exact) mass is 215 g/mol. The van der Waals surface area contributed by atoms with E-state index in [0.29, 0.717) is 5.56 Å². The number of halogens is 3. The maximum Gasteiger partial charge on any atom is 0.124 e. The average molecular weight is 216 g/mol. The number of benzene rings is 1. The van der Waals surface area contributed by atoms with E-state index in [1.807, 2.05) is 0 Å². The second kappa shape index (κ2) is 4.27. The fourth-order valence-electron chi connectivity index (χ4n) is 0.818. The van der Waals surface area contributed by atoms with Gasteiger partial charge in [-0.15, -0.1) is 0 Å². The Morgan fingerprint density at radius 1 is 1.54 bits per heavy atom. The van der Waals surface area contributed by atoms with Crippen LogP contribution in [0.2, 0.25) is 5.02 Å². The first-order valence-corrected chi connectivity index (χ1v) is 4.11. The third-order valence-electron chi connectivity index (χ3n) is 1.38. The lowest BCUT2D eigenvalue weighted by molar-refractivity contribution is 0.628. The Kier molecular flexibility index (Phi) is 3.30. The van der Waals surface area contributed by atoms with Crippen LogP contribution >= 0.6 is 23.2 Å². The standard InChI is InChI=1S/C9H4Cl2FN/c10-8(3-4-13)7-2-1-6(12)5-9(7)11/h1-3,5H/b8-3-. The van der Waals surface area contributed by atoms with Gasteiger partial charge < -0.3 is 0 Å². The quantitative estimate of drug-likeness (QED) is 0.658. The predicted octanol–water partition coefficient (Wildman–Crippen LogP) is 3.58. The van der Waals surface area contributed by atoms with Crippen molar-refractivity contribution in [1.82, 2.24) is 0 Å². The predicted molar refractivity (Wildman–Crippen MR) is 50.9 cm³/mol.